The monoisotopic (exact) mass is 364 g/mol. The molecule has 0 bridgehead atoms. The van der Waals surface area contributed by atoms with Crippen LogP contribution in [0.5, 0.6) is 0 Å². The molecule has 2 aliphatic heterocycles. The van der Waals surface area contributed by atoms with E-state index in [-0.39, 0.29) is 30.1 Å². The highest BCUT2D eigenvalue weighted by molar-refractivity contribution is 5.95. The molecule has 0 N–H and O–H groups in total. The van der Waals surface area contributed by atoms with E-state index in [1.165, 1.54) is 13.0 Å². The van der Waals surface area contributed by atoms with Crippen molar-refractivity contribution in [3.05, 3.63) is 71.2 Å². The fourth-order valence-electron chi connectivity index (χ4n) is 4.04. The maximum atomic E-state index is 14.4. The van der Waals surface area contributed by atoms with Gasteiger partial charge >= 0.3 is 0 Å². The van der Waals surface area contributed by atoms with Gasteiger partial charge in [0.25, 0.3) is 0 Å². The van der Waals surface area contributed by atoms with Crippen LogP contribution in [-0.2, 0) is 16.0 Å². The lowest BCUT2D eigenvalue weighted by molar-refractivity contribution is -0.129. The number of benzene rings is 2. The summed E-state index contributed by atoms with van der Waals surface area (Å²) in [6, 6.07) is 12.3. The molecule has 2 aromatic carbocycles. The Morgan fingerprint density at radius 3 is 2.78 bits per heavy atom. The molecular weight excluding hydrogens is 343 g/mol. The second-order valence-corrected chi connectivity index (χ2v) is 6.99. The quantitative estimate of drug-likeness (QED) is 0.806. The van der Waals surface area contributed by atoms with E-state index in [4.69, 9.17) is 0 Å². The first kappa shape index (κ1) is 17.5. The van der Waals surface area contributed by atoms with Gasteiger partial charge in [0.2, 0.25) is 11.8 Å². The molecule has 2 heterocycles. The van der Waals surface area contributed by atoms with Gasteiger partial charge in [-0.1, -0.05) is 36.4 Å². The van der Waals surface area contributed by atoms with Crippen molar-refractivity contribution in [2.24, 2.45) is 0 Å². The highest BCUT2D eigenvalue weighted by atomic mass is 19.1. The highest BCUT2D eigenvalue weighted by Gasteiger charge is 2.32. The molecule has 0 aromatic heterocycles. The lowest BCUT2D eigenvalue weighted by Gasteiger charge is -2.35. The number of para-hydroxylation sites is 1. The number of aryl methyl sites for hydroxylation is 1. The number of nitrogens with zero attached hydrogens (tertiary/aromatic N) is 2. The Labute approximate surface area is 157 Å². The van der Waals surface area contributed by atoms with Gasteiger partial charge in [-0.25, -0.2) is 4.39 Å². The van der Waals surface area contributed by atoms with E-state index in [9.17, 15) is 14.0 Å². The summed E-state index contributed by atoms with van der Waals surface area (Å²) in [6.45, 7) is 1.99. The van der Waals surface area contributed by atoms with Gasteiger partial charge in [0.15, 0.2) is 0 Å². The molecule has 5 heteroatoms. The molecule has 27 heavy (non-hydrogen) atoms. The maximum absolute atomic E-state index is 14.4. The third-order valence-corrected chi connectivity index (χ3v) is 5.31. The van der Waals surface area contributed by atoms with E-state index in [1.807, 2.05) is 36.4 Å². The summed E-state index contributed by atoms with van der Waals surface area (Å²) in [7, 11) is 0. The smallest absolute Gasteiger partial charge is 0.229 e. The first-order valence-corrected chi connectivity index (χ1v) is 9.20. The average molecular weight is 364 g/mol. The van der Waals surface area contributed by atoms with Gasteiger partial charge in [-0.2, -0.15) is 0 Å². The minimum atomic E-state index is -0.381. The third kappa shape index (κ3) is 3.14. The van der Waals surface area contributed by atoms with Crippen LogP contribution in [0.15, 0.2) is 48.7 Å². The molecule has 2 amide bonds. The van der Waals surface area contributed by atoms with Crippen LogP contribution in [0, 0.1) is 5.82 Å². The van der Waals surface area contributed by atoms with Crippen molar-refractivity contribution in [2.45, 2.75) is 32.2 Å². The van der Waals surface area contributed by atoms with Gasteiger partial charge < -0.3 is 9.80 Å². The predicted octanol–water partition coefficient (Wildman–Crippen LogP) is 4.07. The number of carbonyl (C=O) groups excluding carboxylic acids is 2. The third-order valence-electron chi connectivity index (χ3n) is 5.31. The van der Waals surface area contributed by atoms with Crippen molar-refractivity contribution < 1.29 is 14.0 Å². The lowest BCUT2D eigenvalue weighted by atomic mass is 9.92. The van der Waals surface area contributed by atoms with Crippen LogP contribution in [0.1, 0.15) is 42.5 Å². The highest BCUT2D eigenvalue weighted by Crippen LogP contribution is 2.36. The van der Waals surface area contributed by atoms with Crippen LogP contribution in [0.25, 0.3) is 6.08 Å². The second-order valence-electron chi connectivity index (χ2n) is 6.99. The minimum Gasteiger partial charge on any atom is -0.311 e. The van der Waals surface area contributed by atoms with Gasteiger partial charge in [-0.3, -0.25) is 9.59 Å². The Kier molecular flexibility index (Phi) is 4.52. The lowest BCUT2D eigenvalue weighted by Crippen LogP contribution is -2.40. The molecule has 138 valence electrons. The molecule has 4 rings (SSSR count). The van der Waals surface area contributed by atoms with Crippen molar-refractivity contribution in [2.75, 3.05) is 11.4 Å². The molecule has 4 nitrogen and oxygen atoms in total. The molecule has 0 fully saturated rings. The number of anilines is 1. The molecule has 2 aromatic rings. The summed E-state index contributed by atoms with van der Waals surface area (Å²) >= 11 is 0. The zero-order chi connectivity index (χ0) is 19.0. The fraction of sp³-hybridized carbons (Fsp3) is 0.273. The van der Waals surface area contributed by atoms with Gasteiger partial charge in [0.05, 0.1) is 18.2 Å². The molecule has 0 saturated carbocycles. The van der Waals surface area contributed by atoms with Crippen molar-refractivity contribution in [3.63, 3.8) is 0 Å². The average Bonchev–Trinajstić information content (AvgIpc) is 2.67. The van der Waals surface area contributed by atoms with Crippen molar-refractivity contribution >= 4 is 23.6 Å². The van der Waals surface area contributed by atoms with Crippen LogP contribution in [0.2, 0.25) is 0 Å². The number of fused-ring (bicyclic) bond motifs is 2. The Bertz CT molecular complexity index is 938. The summed E-state index contributed by atoms with van der Waals surface area (Å²) in [4.78, 5) is 28.4. The summed E-state index contributed by atoms with van der Waals surface area (Å²) < 4.78 is 14.4. The molecule has 1 unspecified atom stereocenters. The van der Waals surface area contributed by atoms with E-state index in [0.717, 1.165) is 29.5 Å². The van der Waals surface area contributed by atoms with Crippen LogP contribution in [0.3, 0.4) is 0 Å². The summed E-state index contributed by atoms with van der Waals surface area (Å²) in [5.41, 5.74) is 3.19. The van der Waals surface area contributed by atoms with E-state index in [1.54, 1.807) is 22.1 Å². The number of hydrogen-bond acceptors (Lipinski definition) is 2. The van der Waals surface area contributed by atoms with E-state index < -0.39 is 0 Å². The molecule has 0 radical (unpaired) electrons. The molecule has 0 aliphatic carbocycles. The molecule has 2 aliphatic rings. The predicted molar refractivity (Wildman–Crippen MR) is 102 cm³/mol. The molecule has 1 atom stereocenters. The van der Waals surface area contributed by atoms with E-state index in [2.05, 4.69) is 0 Å². The second kappa shape index (κ2) is 6.99. The van der Waals surface area contributed by atoms with Gasteiger partial charge in [0.1, 0.15) is 5.82 Å². The van der Waals surface area contributed by atoms with Crippen molar-refractivity contribution in [1.82, 2.24) is 4.90 Å². The zero-order valence-electron chi connectivity index (χ0n) is 15.2. The minimum absolute atomic E-state index is 0.120. The normalized spacial score (nSPS) is 18.1. The topological polar surface area (TPSA) is 40.6 Å². The van der Waals surface area contributed by atoms with Crippen molar-refractivity contribution in [1.29, 1.82) is 0 Å². The Morgan fingerprint density at radius 2 is 1.96 bits per heavy atom. The van der Waals surface area contributed by atoms with E-state index in [0.29, 0.717) is 12.2 Å². The van der Waals surface area contributed by atoms with Gasteiger partial charge in [-0.15, -0.1) is 0 Å². The molecular formula is C22H21FN2O2. The van der Waals surface area contributed by atoms with Crippen LogP contribution < -0.4 is 4.90 Å². The maximum Gasteiger partial charge on any atom is 0.229 e. The molecule has 0 spiro atoms. The fourth-order valence-corrected chi connectivity index (χ4v) is 4.04. The van der Waals surface area contributed by atoms with Crippen LogP contribution in [-0.4, -0.2) is 23.3 Å². The first-order valence-electron chi connectivity index (χ1n) is 9.20. The van der Waals surface area contributed by atoms with Crippen molar-refractivity contribution in [3.8, 4) is 0 Å². The number of carbonyl (C=O) groups is 2. The largest absolute Gasteiger partial charge is 0.311 e. The Morgan fingerprint density at radius 1 is 1.15 bits per heavy atom. The zero-order valence-corrected chi connectivity index (χ0v) is 15.2. The van der Waals surface area contributed by atoms with Crippen LogP contribution in [0.4, 0.5) is 10.1 Å². The number of amides is 2. The summed E-state index contributed by atoms with van der Waals surface area (Å²) in [6.07, 6.45) is 5.31. The summed E-state index contributed by atoms with van der Waals surface area (Å²) in [5, 5.41) is 0. The Hall–Kier alpha value is -2.95. The van der Waals surface area contributed by atoms with Gasteiger partial charge in [0, 0.05) is 19.7 Å². The van der Waals surface area contributed by atoms with Crippen LogP contribution >= 0.6 is 0 Å². The van der Waals surface area contributed by atoms with Gasteiger partial charge in [-0.05, 0) is 41.7 Å². The first-order chi connectivity index (χ1) is 13.1. The number of hydrogen-bond donors (Lipinski definition) is 0. The standard InChI is InChI=1S/C22H21FN2O2/c1-15(26)24-13-11-16-6-2-3-9-18(16)20(24)14-21(27)25-12-5-8-17-7-4-10-19(23)22(17)25/h2-4,6-7,9-11,13,20H,5,8,12,14H2,1H3. The Balaban J connectivity index is 1.67. The SMILES string of the molecule is CC(=O)N1C=Cc2ccccc2C1CC(=O)N1CCCc2cccc(F)c21. The number of rotatable bonds is 2. The molecule has 0 saturated heterocycles. The van der Waals surface area contributed by atoms with E-state index >= 15 is 0 Å². The summed E-state index contributed by atoms with van der Waals surface area (Å²) in [5.74, 6) is -0.654. The number of halogens is 1.